The van der Waals surface area contributed by atoms with E-state index in [1.54, 1.807) is 11.3 Å². The van der Waals surface area contributed by atoms with E-state index in [4.69, 9.17) is 0 Å². The maximum Gasteiger partial charge on any atom is 0.224 e. The summed E-state index contributed by atoms with van der Waals surface area (Å²) in [6, 6.07) is 10.7. The molecule has 1 amide bonds. The van der Waals surface area contributed by atoms with Crippen molar-refractivity contribution in [1.82, 2.24) is 10.2 Å². The second-order valence-electron chi connectivity index (χ2n) is 6.64. The van der Waals surface area contributed by atoms with E-state index in [-0.39, 0.29) is 5.91 Å². The summed E-state index contributed by atoms with van der Waals surface area (Å²) in [5.41, 5.74) is 3.61. The smallest absolute Gasteiger partial charge is 0.224 e. The number of hydrogen-bond donors (Lipinski definition) is 1. The number of amides is 1. The number of likely N-dealkylation sites (tertiary alicyclic amines) is 1. The maximum atomic E-state index is 12.4. The van der Waals surface area contributed by atoms with Gasteiger partial charge in [0.1, 0.15) is 0 Å². The van der Waals surface area contributed by atoms with Crippen molar-refractivity contribution in [2.75, 3.05) is 19.6 Å². The summed E-state index contributed by atoms with van der Waals surface area (Å²) < 4.78 is 0. The van der Waals surface area contributed by atoms with Gasteiger partial charge in [-0.2, -0.15) is 11.3 Å². The predicted molar refractivity (Wildman–Crippen MR) is 100 cm³/mol. The van der Waals surface area contributed by atoms with Crippen LogP contribution >= 0.6 is 11.3 Å². The number of thiophene rings is 1. The minimum absolute atomic E-state index is 0.109. The molecule has 1 saturated heterocycles. The van der Waals surface area contributed by atoms with Gasteiger partial charge in [-0.3, -0.25) is 9.69 Å². The van der Waals surface area contributed by atoms with Gasteiger partial charge in [-0.25, -0.2) is 0 Å². The summed E-state index contributed by atoms with van der Waals surface area (Å²) in [6.45, 7) is 5.02. The van der Waals surface area contributed by atoms with E-state index in [0.717, 1.165) is 18.7 Å². The largest absolute Gasteiger partial charge is 0.354 e. The van der Waals surface area contributed by atoms with E-state index < -0.39 is 0 Å². The van der Waals surface area contributed by atoms with E-state index in [2.05, 4.69) is 46.1 Å². The molecule has 0 radical (unpaired) electrons. The molecule has 2 heterocycles. The van der Waals surface area contributed by atoms with E-state index in [1.165, 1.54) is 30.4 Å². The van der Waals surface area contributed by atoms with E-state index >= 15 is 0 Å². The van der Waals surface area contributed by atoms with Crippen LogP contribution in [0.1, 0.15) is 42.0 Å². The van der Waals surface area contributed by atoms with Crippen LogP contribution in [0.2, 0.25) is 0 Å². The number of nitrogens with one attached hydrogen (secondary N) is 1. The van der Waals surface area contributed by atoms with Crippen molar-refractivity contribution in [2.24, 2.45) is 0 Å². The molecule has 24 heavy (non-hydrogen) atoms. The Morgan fingerprint density at radius 2 is 2.08 bits per heavy atom. The summed E-state index contributed by atoms with van der Waals surface area (Å²) >= 11 is 1.73. The first-order valence-electron chi connectivity index (χ1n) is 8.81. The zero-order chi connectivity index (χ0) is 16.8. The Bertz CT molecular complexity index is 647. The molecule has 1 atom stereocenters. The van der Waals surface area contributed by atoms with Gasteiger partial charge in [-0.05, 0) is 60.8 Å². The Morgan fingerprint density at radius 3 is 2.79 bits per heavy atom. The average Bonchev–Trinajstić information content (AvgIpc) is 3.10. The van der Waals surface area contributed by atoms with Gasteiger partial charge in [-0.15, -0.1) is 0 Å². The van der Waals surface area contributed by atoms with Crippen LogP contribution in [0.25, 0.3) is 0 Å². The molecule has 3 rings (SSSR count). The first-order chi connectivity index (χ1) is 11.7. The Morgan fingerprint density at radius 1 is 1.25 bits per heavy atom. The molecule has 4 heteroatoms. The van der Waals surface area contributed by atoms with Gasteiger partial charge in [0, 0.05) is 6.54 Å². The van der Waals surface area contributed by atoms with Gasteiger partial charge in [-0.1, -0.05) is 36.2 Å². The van der Waals surface area contributed by atoms with E-state index in [1.807, 2.05) is 12.1 Å². The van der Waals surface area contributed by atoms with Crippen LogP contribution in [0.5, 0.6) is 0 Å². The zero-order valence-corrected chi connectivity index (χ0v) is 15.1. The SMILES string of the molecule is Cc1cccc(CC(=O)NCC(c2ccsc2)N2CCCCC2)c1. The molecule has 1 aliphatic heterocycles. The maximum absolute atomic E-state index is 12.4. The van der Waals surface area contributed by atoms with E-state index in [0.29, 0.717) is 19.0 Å². The van der Waals surface area contributed by atoms with Crippen LogP contribution in [-0.2, 0) is 11.2 Å². The number of benzene rings is 1. The third-order valence-corrected chi connectivity index (χ3v) is 5.40. The standard InChI is InChI=1S/C20H26N2OS/c1-16-6-5-7-17(12-16)13-20(23)21-14-19(18-8-11-24-15-18)22-9-3-2-4-10-22/h5-8,11-12,15,19H,2-4,9-10,13-14H2,1H3,(H,21,23). The number of carbonyl (C=O) groups excluding carboxylic acids is 1. The van der Waals surface area contributed by atoms with Gasteiger partial charge in [0.15, 0.2) is 0 Å². The highest BCUT2D eigenvalue weighted by atomic mass is 32.1. The Hall–Kier alpha value is -1.65. The molecule has 1 aromatic carbocycles. The van der Waals surface area contributed by atoms with Crippen LogP contribution in [-0.4, -0.2) is 30.4 Å². The van der Waals surface area contributed by atoms with Crippen molar-refractivity contribution in [3.63, 3.8) is 0 Å². The fourth-order valence-electron chi connectivity index (χ4n) is 3.43. The lowest BCUT2D eigenvalue weighted by atomic mass is 10.0. The lowest BCUT2D eigenvalue weighted by Crippen LogP contribution is -2.40. The third-order valence-electron chi connectivity index (χ3n) is 4.70. The first kappa shape index (κ1) is 17.2. The fraction of sp³-hybridized carbons (Fsp3) is 0.450. The second-order valence-corrected chi connectivity index (χ2v) is 7.42. The number of hydrogen-bond acceptors (Lipinski definition) is 3. The molecule has 1 aromatic heterocycles. The lowest BCUT2D eigenvalue weighted by Gasteiger charge is -2.34. The molecule has 1 aliphatic rings. The molecule has 1 fully saturated rings. The zero-order valence-electron chi connectivity index (χ0n) is 14.3. The van der Waals surface area contributed by atoms with Gasteiger partial charge in [0.05, 0.1) is 12.5 Å². The summed E-state index contributed by atoms with van der Waals surface area (Å²) in [6.07, 6.45) is 4.31. The number of carbonyl (C=O) groups is 1. The Labute approximate surface area is 148 Å². The number of aryl methyl sites for hydroxylation is 1. The van der Waals surface area contributed by atoms with Crippen LogP contribution in [0, 0.1) is 6.92 Å². The minimum atomic E-state index is 0.109. The molecular formula is C20H26N2OS. The van der Waals surface area contributed by atoms with Gasteiger partial charge in [0.2, 0.25) is 5.91 Å². The highest BCUT2D eigenvalue weighted by molar-refractivity contribution is 7.07. The summed E-state index contributed by atoms with van der Waals surface area (Å²) in [7, 11) is 0. The molecule has 2 aromatic rings. The van der Waals surface area contributed by atoms with Crippen molar-refractivity contribution in [3.8, 4) is 0 Å². The first-order valence-corrected chi connectivity index (χ1v) is 9.75. The third kappa shape index (κ3) is 4.68. The topological polar surface area (TPSA) is 32.3 Å². The molecule has 0 saturated carbocycles. The van der Waals surface area contributed by atoms with Crippen molar-refractivity contribution < 1.29 is 4.79 Å². The molecule has 0 bridgehead atoms. The van der Waals surface area contributed by atoms with Crippen LogP contribution < -0.4 is 5.32 Å². The lowest BCUT2D eigenvalue weighted by molar-refractivity contribution is -0.120. The second kappa shape index (κ2) is 8.45. The van der Waals surface area contributed by atoms with Crippen molar-refractivity contribution in [3.05, 3.63) is 57.8 Å². The van der Waals surface area contributed by atoms with Crippen LogP contribution in [0.4, 0.5) is 0 Å². The quantitative estimate of drug-likeness (QED) is 0.862. The molecule has 1 N–H and O–H groups in total. The number of piperidine rings is 1. The Kier molecular flexibility index (Phi) is 6.05. The number of nitrogens with zero attached hydrogens (tertiary/aromatic N) is 1. The highest BCUT2D eigenvalue weighted by Crippen LogP contribution is 2.25. The van der Waals surface area contributed by atoms with Gasteiger partial charge < -0.3 is 5.32 Å². The predicted octanol–water partition coefficient (Wildman–Crippen LogP) is 3.94. The molecule has 128 valence electrons. The molecule has 1 unspecified atom stereocenters. The summed E-state index contributed by atoms with van der Waals surface area (Å²) in [5, 5.41) is 7.50. The van der Waals surface area contributed by atoms with Crippen molar-refractivity contribution in [2.45, 2.75) is 38.6 Å². The fourth-order valence-corrected chi connectivity index (χ4v) is 4.14. The summed E-state index contributed by atoms with van der Waals surface area (Å²) in [5.74, 6) is 0.109. The van der Waals surface area contributed by atoms with Crippen LogP contribution in [0.15, 0.2) is 41.1 Å². The molecular weight excluding hydrogens is 316 g/mol. The monoisotopic (exact) mass is 342 g/mol. The number of rotatable bonds is 6. The average molecular weight is 343 g/mol. The van der Waals surface area contributed by atoms with E-state index in [9.17, 15) is 4.79 Å². The van der Waals surface area contributed by atoms with Gasteiger partial charge >= 0.3 is 0 Å². The van der Waals surface area contributed by atoms with Crippen molar-refractivity contribution in [1.29, 1.82) is 0 Å². The summed E-state index contributed by atoms with van der Waals surface area (Å²) in [4.78, 5) is 14.9. The van der Waals surface area contributed by atoms with Crippen LogP contribution in [0.3, 0.4) is 0 Å². The highest BCUT2D eigenvalue weighted by Gasteiger charge is 2.23. The van der Waals surface area contributed by atoms with Gasteiger partial charge in [0.25, 0.3) is 0 Å². The molecule has 0 spiro atoms. The van der Waals surface area contributed by atoms with Crippen molar-refractivity contribution >= 4 is 17.2 Å². The normalized spacial score (nSPS) is 16.7. The minimum Gasteiger partial charge on any atom is -0.354 e. The Balaban J connectivity index is 1.59. The molecule has 3 nitrogen and oxygen atoms in total. The molecule has 0 aliphatic carbocycles.